The number of alkyl halides is 1. The molecule has 19 heavy (non-hydrogen) atoms. The van der Waals surface area contributed by atoms with Crippen LogP contribution >= 0.6 is 15.9 Å². The molecule has 106 valence electrons. The Labute approximate surface area is 121 Å². The van der Waals surface area contributed by atoms with Gasteiger partial charge in [-0.15, -0.1) is 0 Å². The van der Waals surface area contributed by atoms with E-state index in [1.807, 2.05) is 6.92 Å². The van der Waals surface area contributed by atoms with Crippen molar-refractivity contribution in [1.29, 1.82) is 0 Å². The summed E-state index contributed by atoms with van der Waals surface area (Å²) in [6.07, 6.45) is 1.65. The van der Waals surface area contributed by atoms with Crippen LogP contribution in [0.5, 0.6) is 5.75 Å². The number of hydrogen-bond donors (Lipinski definition) is 0. The fourth-order valence-corrected chi connectivity index (χ4v) is 2.32. The molecule has 0 radical (unpaired) electrons. The van der Waals surface area contributed by atoms with E-state index in [1.165, 1.54) is 13.2 Å². The van der Waals surface area contributed by atoms with Crippen molar-refractivity contribution >= 4 is 21.9 Å². The van der Waals surface area contributed by atoms with Gasteiger partial charge in [-0.3, -0.25) is 4.79 Å². The Bertz CT molecular complexity index is 449. The summed E-state index contributed by atoms with van der Waals surface area (Å²) >= 11 is 3.24. The third-order valence-electron chi connectivity index (χ3n) is 2.64. The van der Waals surface area contributed by atoms with Crippen molar-refractivity contribution in [2.75, 3.05) is 13.7 Å². The second-order valence-electron chi connectivity index (χ2n) is 4.06. The molecule has 1 unspecified atom stereocenters. The molecule has 0 amide bonds. The molecule has 0 aliphatic carbocycles. The molecule has 0 saturated carbocycles. The molecule has 5 heteroatoms. The van der Waals surface area contributed by atoms with Crippen molar-refractivity contribution in [3.05, 3.63) is 29.1 Å². The van der Waals surface area contributed by atoms with Gasteiger partial charge in [0.1, 0.15) is 4.83 Å². The number of carbonyl (C=O) groups excluding carboxylic acids is 1. The number of esters is 1. The zero-order valence-corrected chi connectivity index (χ0v) is 12.9. The summed E-state index contributed by atoms with van der Waals surface area (Å²) in [4.78, 5) is 11.0. The van der Waals surface area contributed by atoms with E-state index in [2.05, 4.69) is 15.9 Å². The molecular formula is C14H18BrFO3. The van der Waals surface area contributed by atoms with Crippen molar-refractivity contribution in [3.8, 4) is 5.75 Å². The van der Waals surface area contributed by atoms with Crippen LogP contribution in [0, 0.1) is 5.82 Å². The van der Waals surface area contributed by atoms with Crippen LogP contribution in [0.25, 0.3) is 0 Å². The Morgan fingerprint density at radius 1 is 1.42 bits per heavy atom. The maximum atomic E-state index is 13.9. The van der Waals surface area contributed by atoms with Gasteiger partial charge < -0.3 is 9.47 Å². The lowest BCUT2D eigenvalue weighted by Gasteiger charge is -2.15. The monoisotopic (exact) mass is 332 g/mol. The Morgan fingerprint density at radius 3 is 2.63 bits per heavy atom. The number of carbonyl (C=O) groups is 1. The number of aryl methyl sites for hydroxylation is 1. The van der Waals surface area contributed by atoms with Crippen LogP contribution in [0.4, 0.5) is 4.39 Å². The van der Waals surface area contributed by atoms with Gasteiger partial charge in [-0.25, -0.2) is 4.39 Å². The SMILES string of the molecule is CCCc1cc(F)c(OC)c(C(Br)C(=O)OCC)c1. The van der Waals surface area contributed by atoms with E-state index >= 15 is 0 Å². The lowest BCUT2D eigenvalue weighted by molar-refractivity contribution is -0.142. The second-order valence-corrected chi connectivity index (χ2v) is 4.98. The topological polar surface area (TPSA) is 35.5 Å². The molecule has 1 aromatic rings. The predicted octanol–water partition coefficient (Wildman–Crippen LogP) is 3.79. The van der Waals surface area contributed by atoms with Gasteiger partial charge >= 0.3 is 5.97 Å². The summed E-state index contributed by atoms with van der Waals surface area (Å²) in [6.45, 7) is 4.02. The third-order valence-corrected chi connectivity index (χ3v) is 3.51. The number of hydrogen-bond acceptors (Lipinski definition) is 3. The van der Waals surface area contributed by atoms with Gasteiger partial charge in [0, 0.05) is 5.56 Å². The average molecular weight is 333 g/mol. The standard InChI is InChI=1S/C14H18BrFO3/c1-4-6-9-7-10(12(15)14(17)19-5-2)13(18-3)11(16)8-9/h7-8,12H,4-6H2,1-3H3. The van der Waals surface area contributed by atoms with Crippen molar-refractivity contribution in [2.24, 2.45) is 0 Å². The van der Waals surface area contributed by atoms with Crippen LogP contribution in [0.15, 0.2) is 12.1 Å². The summed E-state index contributed by atoms with van der Waals surface area (Å²) in [7, 11) is 1.38. The van der Waals surface area contributed by atoms with E-state index in [0.717, 1.165) is 18.4 Å². The molecule has 0 spiro atoms. The van der Waals surface area contributed by atoms with Gasteiger partial charge in [0.05, 0.1) is 13.7 Å². The maximum Gasteiger partial charge on any atom is 0.324 e. The first-order valence-electron chi connectivity index (χ1n) is 6.22. The Balaban J connectivity index is 3.18. The van der Waals surface area contributed by atoms with Crippen LogP contribution in [0.2, 0.25) is 0 Å². The quantitative estimate of drug-likeness (QED) is 0.587. The first-order chi connectivity index (χ1) is 9.04. The van der Waals surface area contributed by atoms with Gasteiger partial charge in [-0.2, -0.15) is 0 Å². The Morgan fingerprint density at radius 2 is 2.11 bits per heavy atom. The van der Waals surface area contributed by atoms with E-state index in [-0.39, 0.29) is 12.4 Å². The van der Waals surface area contributed by atoms with E-state index in [0.29, 0.717) is 5.56 Å². The third kappa shape index (κ3) is 3.93. The van der Waals surface area contributed by atoms with Crippen LogP contribution < -0.4 is 4.74 Å². The van der Waals surface area contributed by atoms with Crippen LogP contribution in [0.3, 0.4) is 0 Å². The number of methoxy groups -OCH3 is 1. The highest BCUT2D eigenvalue weighted by atomic mass is 79.9. The summed E-state index contributed by atoms with van der Waals surface area (Å²) in [6, 6.07) is 3.22. The highest BCUT2D eigenvalue weighted by Gasteiger charge is 2.25. The molecule has 0 N–H and O–H groups in total. The first kappa shape index (κ1) is 16.0. The molecule has 0 aliphatic heterocycles. The zero-order valence-electron chi connectivity index (χ0n) is 11.3. The Kier molecular flexibility index (Phi) is 6.28. The smallest absolute Gasteiger partial charge is 0.324 e. The number of rotatable bonds is 6. The minimum Gasteiger partial charge on any atom is -0.493 e. The molecular weight excluding hydrogens is 315 g/mol. The van der Waals surface area contributed by atoms with Crippen molar-refractivity contribution in [1.82, 2.24) is 0 Å². The summed E-state index contributed by atoms with van der Waals surface area (Å²) in [5.41, 5.74) is 1.30. The molecule has 0 aromatic heterocycles. The second kappa shape index (κ2) is 7.48. The van der Waals surface area contributed by atoms with Gasteiger partial charge in [-0.05, 0) is 25.0 Å². The molecule has 1 rings (SSSR count). The molecule has 0 heterocycles. The lowest BCUT2D eigenvalue weighted by atomic mass is 10.0. The largest absolute Gasteiger partial charge is 0.493 e. The van der Waals surface area contributed by atoms with E-state index < -0.39 is 16.6 Å². The predicted molar refractivity (Wildman–Crippen MR) is 75.2 cm³/mol. The van der Waals surface area contributed by atoms with Crippen LogP contribution in [-0.4, -0.2) is 19.7 Å². The molecule has 0 saturated heterocycles. The molecule has 0 fully saturated rings. The molecule has 1 aromatic carbocycles. The minimum atomic E-state index is -0.728. The van der Waals surface area contributed by atoms with Gasteiger partial charge in [0.25, 0.3) is 0 Å². The highest BCUT2D eigenvalue weighted by molar-refractivity contribution is 9.09. The zero-order chi connectivity index (χ0) is 14.4. The van der Waals surface area contributed by atoms with Crippen molar-refractivity contribution in [2.45, 2.75) is 31.5 Å². The normalized spacial score (nSPS) is 12.1. The van der Waals surface area contributed by atoms with E-state index in [9.17, 15) is 9.18 Å². The van der Waals surface area contributed by atoms with Gasteiger partial charge in [-0.1, -0.05) is 35.3 Å². The molecule has 0 aliphatic rings. The fraction of sp³-hybridized carbons (Fsp3) is 0.500. The van der Waals surface area contributed by atoms with Gasteiger partial charge in [0.2, 0.25) is 0 Å². The molecule has 1 atom stereocenters. The van der Waals surface area contributed by atoms with Crippen LogP contribution in [-0.2, 0) is 16.0 Å². The Hall–Kier alpha value is -1.10. The minimum absolute atomic E-state index is 0.0785. The molecule has 0 bridgehead atoms. The highest BCUT2D eigenvalue weighted by Crippen LogP contribution is 2.35. The van der Waals surface area contributed by atoms with E-state index in [1.54, 1.807) is 13.0 Å². The van der Waals surface area contributed by atoms with Crippen molar-refractivity contribution < 1.29 is 18.7 Å². The first-order valence-corrected chi connectivity index (χ1v) is 7.13. The summed E-state index contributed by atoms with van der Waals surface area (Å²) in [5.74, 6) is -0.833. The number of benzene rings is 1. The summed E-state index contributed by atoms with van der Waals surface area (Å²) in [5, 5.41) is 0. The maximum absolute atomic E-state index is 13.9. The lowest BCUT2D eigenvalue weighted by Crippen LogP contribution is -2.12. The number of halogens is 2. The number of ether oxygens (including phenoxy) is 2. The fourth-order valence-electron chi connectivity index (χ4n) is 1.85. The van der Waals surface area contributed by atoms with E-state index in [4.69, 9.17) is 9.47 Å². The average Bonchev–Trinajstić information content (AvgIpc) is 2.38. The van der Waals surface area contributed by atoms with Crippen molar-refractivity contribution in [3.63, 3.8) is 0 Å². The summed E-state index contributed by atoms with van der Waals surface area (Å²) < 4.78 is 23.9. The van der Waals surface area contributed by atoms with Gasteiger partial charge in [0.15, 0.2) is 11.6 Å². The molecule has 3 nitrogen and oxygen atoms in total. The van der Waals surface area contributed by atoms with Crippen LogP contribution in [0.1, 0.15) is 36.2 Å².